The molecule has 3 N–H and O–H groups in total. The number of carbonyl (C=O) groups is 2. The van der Waals surface area contributed by atoms with Crippen LogP contribution >= 0.6 is 0 Å². The van der Waals surface area contributed by atoms with Gasteiger partial charge in [0.15, 0.2) is 0 Å². The molecule has 5 nitrogen and oxygen atoms in total. The largest absolute Gasteiger partial charge is 1.00 e. The van der Waals surface area contributed by atoms with Gasteiger partial charge >= 0.3 is 35.5 Å². The van der Waals surface area contributed by atoms with Gasteiger partial charge in [0.2, 0.25) is 0 Å². The van der Waals surface area contributed by atoms with Crippen molar-refractivity contribution in [2.45, 2.75) is 84.6 Å². The van der Waals surface area contributed by atoms with E-state index in [-0.39, 0.29) is 36.0 Å². The molecule has 1 atom stereocenters. The first-order valence-electron chi connectivity index (χ1n) is 7.99. The van der Waals surface area contributed by atoms with E-state index in [4.69, 9.17) is 10.8 Å². The van der Waals surface area contributed by atoms with Crippen LogP contribution in [0.3, 0.4) is 0 Å². The third kappa shape index (κ3) is 24.9. The van der Waals surface area contributed by atoms with E-state index in [2.05, 4.69) is 6.92 Å². The van der Waals surface area contributed by atoms with Crippen molar-refractivity contribution in [2.75, 3.05) is 0 Å². The molecule has 0 spiro atoms. The van der Waals surface area contributed by atoms with E-state index in [0.717, 1.165) is 12.8 Å². The fourth-order valence-electron chi connectivity index (χ4n) is 1.84. The minimum atomic E-state index is -0.913. The molecular weight excluding hydrogens is 293 g/mol. The summed E-state index contributed by atoms with van der Waals surface area (Å²) >= 11 is 0. The monoisotopic (exact) mass is 325 g/mol. The predicted octanol–water partition coefficient (Wildman–Crippen LogP) is -0.675. The van der Waals surface area contributed by atoms with Crippen molar-refractivity contribution in [1.29, 1.82) is 0 Å². The standard InChI is InChI=1S/C10H20O2.C6H13NO2.Na/c1-2-3-4-5-6-7-8-9-10(11)12;1-4(2)3-5(7)6(8)9;/h2-9H2,1H3,(H,11,12);4-5H,3,7H2,1-2H3,(H,8,9);/q;;+1/p-1/t;5-;/m.0./s1. The zero-order valence-electron chi connectivity index (χ0n) is 14.8. The molecule has 0 heterocycles. The fraction of sp³-hybridized carbons (Fsp3) is 0.875. The molecule has 126 valence electrons. The Balaban J connectivity index is -0.000000326. The number of rotatable bonds is 11. The Kier molecular flexibility index (Phi) is 23.1. The summed E-state index contributed by atoms with van der Waals surface area (Å²) in [7, 11) is 0. The van der Waals surface area contributed by atoms with Gasteiger partial charge in [-0.15, -0.1) is 0 Å². The number of carboxylic acid groups (broad SMARTS) is 2. The van der Waals surface area contributed by atoms with Crippen LogP contribution in [0.25, 0.3) is 0 Å². The minimum Gasteiger partial charge on any atom is -0.550 e. The minimum absolute atomic E-state index is 0. The molecule has 0 aromatic heterocycles. The van der Waals surface area contributed by atoms with Crippen LogP contribution in [-0.4, -0.2) is 23.1 Å². The first-order chi connectivity index (χ1) is 9.81. The molecule has 0 aromatic carbocycles. The third-order valence-electron chi connectivity index (χ3n) is 3.03. The molecule has 0 radical (unpaired) electrons. The van der Waals surface area contributed by atoms with Crippen molar-refractivity contribution in [3.8, 4) is 0 Å². The number of unbranched alkanes of at least 4 members (excludes halogenated alkanes) is 6. The normalized spacial score (nSPS) is 11.1. The first kappa shape index (κ1) is 26.8. The van der Waals surface area contributed by atoms with E-state index in [1.807, 2.05) is 13.8 Å². The van der Waals surface area contributed by atoms with Crippen LogP contribution in [0.2, 0.25) is 0 Å². The summed E-state index contributed by atoms with van der Waals surface area (Å²) in [6.07, 6.45) is 8.89. The molecule has 0 amide bonds. The van der Waals surface area contributed by atoms with Crippen molar-refractivity contribution in [2.24, 2.45) is 11.7 Å². The SMILES string of the molecule is CC(C)C[C@H](N)C(=O)O.CCCCCCCCCC(=O)[O-].[Na+]. The molecule has 6 heteroatoms. The van der Waals surface area contributed by atoms with E-state index in [0.29, 0.717) is 12.3 Å². The van der Waals surface area contributed by atoms with Crippen LogP contribution in [-0.2, 0) is 9.59 Å². The van der Waals surface area contributed by atoms with Crippen molar-refractivity contribution < 1.29 is 49.4 Å². The average molecular weight is 325 g/mol. The quantitative estimate of drug-likeness (QED) is 0.387. The molecular formula is C16H32NNaO4. The van der Waals surface area contributed by atoms with Gasteiger partial charge in [-0.3, -0.25) is 4.79 Å². The Morgan fingerprint density at radius 3 is 1.82 bits per heavy atom. The van der Waals surface area contributed by atoms with E-state index in [1.165, 1.54) is 32.1 Å². The van der Waals surface area contributed by atoms with E-state index in [1.54, 1.807) is 0 Å². The van der Waals surface area contributed by atoms with Gasteiger partial charge in [-0.05, 0) is 25.2 Å². The number of carboxylic acids is 2. The summed E-state index contributed by atoms with van der Waals surface area (Å²) < 4.78 is 0. The molecule has 0 fully saturated rings. The van der Waals surface area contributed by atoms with Gasteiger partial charge in [-0.1, -0.05) is 59.3 Å². The molecule has 0 aliphatic carbocycles. The maximum atomic E-state index is 10.1. The molecule has 0 saturated carbocycles. The maximum Gasteiger partial charge on any atom is 1.00 e. The summed E-state index contributed by atoms with van der Waals surface area (Å²) in [6, 6.07) is -0.690. The van der Waals surface area contributed by atoms with E-state index < -0.39 is 18.0 Å². The predicted molar refractivity (Wildman–Crippen MR) is 82.7 cm³/mol. The Morgan fingerprint density at radius 2 is 1.50 bits per heavy atom. The van der Waals surface area contributed by atoms with Crippen molar-refractivity contribution >= 4 is 11.9 Å². The number of nitrogens with two attached hydrogens (primary N) is 1. The maximum absolute atomic E-state index is 10.1. The second-order valence-corrected chi connectivity index (χ2v) is 5.82. The second-order valence-electron chi connectivity index (χ2n) is 5.82. The molecule has 22 heavy (non-hydrogen) atoms. The number of hydrogen-bond donors (Lipinski definition) is 2. The van der Waals surface area contributed by atoms with Gasteiger partial charge in [-0.2, -0.15) is 0 Å². The Morgan fingerprint density at radius 1 is 1.05 bits per heavy atom. The van der Waals surface area contributed by atoms with Crippen molar-refractivity contribution in [1.82, 2.24) is 0 Å². The van der Waals surface area contributed by atoms with Crippen molar-refractivity contribution in [3.63, 3.8) is 0 Å². The van der Waals surface area contributed by atoms with Crippen LogP contribution in [0.1, 0.15) is 78.6 Å². The Labute approximate surface area is 157 Å². The smallest absolute Gasteiger partial charge is 0.550 e. The summed E-state index contributed by atoms with van der Waals surface area (Å²) in [5, 5.41) is 18.3. The average Bonchev–Trinajstić information content (AvgIpc) is 2.37. The number of aliphatic carboxylic acids is 2. The molecule has 0 bridgehead atoms. The molecule has 0 saturated heterocycles. The Hall–Kier alpha value is -0.100. The van der Waals surface area contributed by atoms with Gasteiger partial charge in [0.25, 0.3) is 0 Å². The molecule has 0 aliphatic rings. The zero-order chi connectivity index (χ0) is 16.7. The molecule has 0 aromatic rings. The van der Waals surface area contributed by atoms with Gasteiger partial charge in [0.1, 0.15) is 6.04 Å². The van der Waals surface area contributed by atoms with Crippen molar-refractivity contribution in [3.05, 3.63) is 0 Å². The molecule has 0 aliphatic heterocycles. The molecule has 0 rings (SSSR count). The van der Waals surface area contributed by atoms with Crippen LogP contribution in [0.15, 0.2) is 0 Å². The van der Waals surface area contributed by atoms with Gasteiger partial charge in [0.05, 0.1) is 0 Å². The van der Waals surface area contributed by atoms with Crippen LogP contribution < -0.4 is 40.4 Å². The number of hydrogen-bond acceptors (Lipinski definition) is 4. The van der Waals surface area contributed by atoms with E-state index in [9.17, 15) is 14.7 Å². The van der Waals surface area contributed by atoms with Crippen LogP contribution in [0, 0.1) is 5.92 Å². The van der Waals surface area contributed by atoms with Crippen LogP contribution in [0.4, 0.5) is 0 Å². The molecule has 0 unspecified atom stereocenters. The summed E-state index contributed by atoms with van der Waals surface area (Å²) in [6.45, 7) is 6.09. The van der Waals surface area contributed by atoms with E-state index >= 15 is 0 Å². The summed E-state index contributed by atoms with van der Waals surface area (Å²) in [5.74, 6) is -1.47. The topological polar surface area (TPSA) is 103 Å². The van der Waals surface area contributed by atoms with Gasteiger partial charge in [0, 0.05) is 5.97 Å². The number of carbonyl (C=O) groups excluding carboxylic acids is 1. The van der Waals surface area contributed by atoms with Crippen LogP contribution in [0.5, 0.6) is 0 Å². The van der Waals surface area contributed by atoms with Gasteiger partial charge < -0.3 is 20.7 Å². The summed E-state index contributed by atoms with van der Waals surface area (Å²) in [5.41, 5.74) is 5.22. The summed E-state index contributed by atoms with van der Waals surface area (Å²) in [4.78, 5) is 20.1. The first-order valence-corrected chi connectivity index (χ1v) is 7.99. The third-order valence-corrected chi connectivity index (χ3v) is 3.03. The van der Waals surface area contributed by atoms with Gasteiger partial charge in [-0.25, -0.2) is 0 Å². The fourth-order valence-corrected chi connectivity index (χ4v) is 1.84. The zero-order valence-corrected chi connectivity index (χ0v) is 16.8. The Bertz CT molecular complexity index is 273. The second kappa shape index (κ2) is 18.9.